The summed E-state index contributed by atoms with van der Waals surface area (Å²) in [5, 5.41) is 18.8. The largest absolute Gasteiger partial charge is 0.478 e. The summed E-state index contributed by atoms with van der Waals surface area (Å²) in [5.41, 5.74) is -2.58. The number of rotatable bonds is 3. The van der Waals surface area contributed by atoms with E-state index in [9.17, 15) is 28.1 Å². The van der Waals surface area contributed by atoms with Gasteiger partial charge in [-0.05, 0) is 9.91 Å². The summed E-state index contributed by atoms with van der Waals surface area (Å²) in [6.45, 7) is 0. The van der Waals surface area contributed by atoms with Crippen LogP contribution in [0.1, 0.15) is 22.3 Å². The Morgan fingerprint density at radius 2 is 2.12 bits per heavy atom. The van der Waals surface area contributed by atoms with Gasteiger partial charge < -0.3 is 15.2 Å². The molecule has 6 nitrogen and oxygen atoms in total. The maximum atomic E-state index is 12.7. The van der Waals surface area contributed by atoms with Gasteiger partial charge in [-0.1, -0.05) is 0 Å². The number of halogens is 3. The zero-order valence-corrected chi connectivity index (χ0v) is 7.35. The molecule has 1 aromatic heterocycles. The van der Waals surface area contributed by atoms with Gasteiger partial charge in [-0.25, -0.2) is 13.6 Å². The van der Waals surface area contributed by atoms with E-state index in [1.54, 1.807) is 0 Å². The Kier molecular flexibility index (Phi) is 3.06. The minimum Gasteiger partial charge on any atom is -0.478 e. The van der Waals surface area contributed by atoms with Crippen molar-refractivity contribution in [2.75, 3.05) is 0 Å². The number of carboxylic acids is 1. The molecule has 0 unspecified atom stereocenters. The molecule has 0 aliphatic rings. The van der Waals surface area contributed by atoms with Gasteiger partial charge in [0.15, 0.2) is 0 Å². The third kappa shape index (κ3) is 2.07. The molecule has 0 fully saturated rings. The van der Waals surface area contributed by atoms with Crippen LogP contribution in [0.4, 0.5) is 19.0 Å². The van der Waals surface area contributed by atoms with Crippen molar-refractivity contribution in [2.45, 2.75) is 6.43 Å². The van der Waals surface area contributed by atoms with E-state index < -0.39 is 40.2 Å². The van der Waals surface area contributed by atoms with Crippen LogP contribution in [0.3, 0.4) is 0 Å². The predicted octanol–water partition coefficient (Wildman–Crippen LogP) is 1.76. The molecule has 0 spiro atoms. The SMILES string of the molecule is O=C(O)c1cc(F)nc([N+](=O)[O-])c1C(F)F. The van der Waals surface area contributed by atoms with Gasteiger partial charge in [0.2, 0.25) is 0 Å². The lowest BCUT2D eigenvalue weighted by molar-refractivity contribution is -0.391. The highest BCUT2D eigenvalue weighted by Crippen LogP contribution is 2.30. The third-order valence-corrected chi connectivity index (χ3v) is 1.63. The summed E-state index contributed by atoms with van der Waals surface area (Å²) in [6.07, 6.45) is -3.43. The molecule has 0 radical (unpaired) electrons. The van der Waals surface area contributed by atoms with Crippen molar-refractivity contribution in [1.82, 2.24) is 4.98 Å². The number of alkyl halides is 2. The summed E-state index contributed by atoms with van der Waals surface area (Å²) in [6, 6.07) is 0.205. The van der Waals surface area contributed by atoms with Crippen LogP contribution >= 0.6 is 0 Å². The number of pyridine rings is 1. The zero-order valence-electron chi connectivity index (χ0n) is 7.35. The molecule has 0 atom stereocenters. The standard InChI is InChI=1S/C7H3F3N2O4/c8-3-1-2(7(13)14)4(5(9)10)6(11-3)12(15)16/h1,5H,(H,13,14). The Hall–Kier alpha value is -2.19. The molecule has 0 aliphatic carbocycles. The first kappa shape index (κ1) is 11.9. The number of carbonyl (C=O) groups is 1. The smallest absolute Gasteiger partial charge is 0.376 e. The lowest BCUT2D eigenvalue weighted by Crippen LogP contribution is -2.09. The van der Waals surface area contributed by atoms with Crippen LogP contribution in [0, 0.1) is 16.1 Å². The van der Waals surface area contributed by atoms with Gasteiger partial charge in [0.1, 0.15) is 5.56 Å². The number of nitro groups is 1. The lowest BCUT2D eigenvalue weighted by atomic mass is 10.1. The van der Waals surface area contributed by atoms with Crippen molar-refractivity contribution in [3.05, 3.63) is 33.3 Å². The summed E-state index contributed by atoms with van der Waals surface area (Å²) < 4.78 is 37.5. The molecule has 86 valence electrons. The van der Waals surface area contributed by atoms with Gasteiger partial charge in [-0.3, -0.25) is 0 Å². The number of hydrogen-bond donors (Lipinski definition) is 1. The Morgan fingerprint density at radius 1 is 1.56 bits per heavy atom. The van der Waals surface area contributed by atoms with Crippen LogP contribution in [0.25, 0.3) is 0 Å². The predicted molar refractivity (Wildman–Crippen MR) is 42.8 cm³/mol. The number of nitrogens with zero attached hydrogens (tertiary/aromatic N) is 2. The monoisotopic (exact) mass is 236 g/mol. The average molecular weight is 236 g/mol. The Morgan fingerprint density at radius 3 is 2.50 bits per heavy atom. The molecule has 16 heavy (non-hydrogen) atoms. The highest BCUT2D eigenvalue weighted by Gasteiger charge is 2.32. The Labute approximate surface area is 85.5 Å². The van der Waals surface area contributed by atoms with Gasteiger partial charge in [-0.15, -0.1) is 0 Å². The van der Waals surface area contributed by atoms with E-state index in [1.165, 1.54) is 0 Å². The first-order valence-electron chi connectivity index (χ1n) is 3.71. The summed E-state index contributed by atoms with van der Waals surface area (Å²) >= 11 is 0. The van der Waals surface area contributed by atoms with Gasteiger partial charge in [0.25, 0.3) is 6.43 Å². The van der Waals surface area contributed by atoms with E-state index in [0.717, 1.165) is 0 Å². The number of carboxylic acid groups (broad SMARTS) is 1. The summed E-state index contributed by atoms with van der Waals surface area (Å²) in [4.78, 5) is 22.1. The third-order valence-electron chi connectivity index (χ3n) is 1.63. The molecule has 1 rings (SSSR count). The second-order valence-corrected chi connectivity index (χ2v) is 2.59. The van der Waals surface area contributed by atoms with Crippen LogP contribution in [0.2, 0.25) is 0 Å². The topological polar surface area (TPSA) is 93.3 Å². The fraction of sp³-hybridized carbons (Fsp3) is 0.143. The Bertz CT molecular complexity index is 428. The van der Waals surface area contributed by atoms with E-state index in [-0.39, 0.29) is 6.07 Å². The fourth-order valence-electron chi connectivity index (χ4n) is 1.04. The molecule has 0 saturated carbocycles. The molecular weight excluding hydrogens is 233 g/mol. The van der Waals surface area contributed by atoms with Crippen molar-refractivity contribution in [1.29, 1.82) is 0 Å². The van der Waals surface area contributed by atoms with Gasteiger partial charge in [0.05, 0.1) is 5.56 Å². The maximum Gasteiger partial charge on any atom is 0.376 e. The molecule has 0 aliphatic heterocycles. The molecule has 0 bridgehead atoms. The lowest BCUT2D eigenvalue weighted by Gasteiger charge is -2.04. The Balaban J connectivity index is 3.60. The minimum absolute atomic E-state index is 0.205. The normalized spacial score (nSPS) is 10.5. The van der Waals surface area contributed by atoms with Crippen LogP contribution < -0.4 is 0 Å². The molecule has 0 amide bonds. The van der Waals surface area contributed by atoms with Gasteiger partial charge >= 0.3 is 17.7 Å². The number of aromatic carboxylic acids is 1. The van der Waals surface area contributed by atoms with Crippen molar-refractivity contribution in [3.63, 3.8) is 0 Å². The molecule has 0 aromatic carbocycles. The quantitative estimate of drug-likeness (QED) is 0.490. The minimum atomic E-state index is -3.43. The highest BCUT2D eigenvalue weighted by atomic mass is 19.3. The zero-order chi connectivity index (χ0) is 12.5. The van der Waals surface area contributed by atoms with E-state index in [1.807, 2.05) is 0 Å². The number of hydrogen-bond acceptors (Lipinski definition) is 4. The van der Waals surface area contributed by atoms with Crippen LogP contribution in [0.5, 0.6) is 0 Å². The van der Waals surface area contributed by atoms with E-state index >= 15 is 0 Å². The molecule has 9 heteroatoms. The van der Waals surface area contributed by atoms with Crippen LogP contribution in [0.15, 0.2) is 6.07 Å². The fourth-order valence-corrected chi connectivity index (χ4v) is 1.04. The second kappa shape index (κ2) is 4.13. The van der Waals surface area contributed by atoms with Gasteiger partial charge in [-0.2, -0.15) is 4.39 Å². The molecule has 1 heterocycles. The average Bonchev–Trinajstić information content (AvgIpc) is 2.15. The van der Waals surface area contributed by atoms with Gasteiger partial charge in [0, 0.05) is 6.07 Å². The maximum absolute atomic E-state index is 12.7. The first-order chi connectivity index (χ1) is 7.34. The van der Waals surface area contributed by atoms with E-state index in [0.29, 0.717) is 0 Å². The van der Waals surface area contributed by atoms with E-state index in [4.69, 9.17) is 5.11 Å². The van der Waals surface area contributed by atoms with Crippen LogP contribution in [-0.4, -0.2) is 21.0 Å². The van der Waals surface area contributed by atoms with E-state index in [2.05, 4.69) is 4.98 Å². The van der Waals surface area contributed by atoms with Crippen molar-refractivity contribution in [3.8, 4) is 0 Å². The highest BCUT2D eigenvalue weighted by molar-refractivity contribution is 5.90. The molecular formula is C7H3F3N2O4. The van der Waals surface area contributed by atoms with Crippen molar-refractivity contribution in [2.24, 2.45) is 0 Å². The summed E-state index contributed by atoms with van der Waals surface area (Å²) in [5.74, 6) is -4.89. The van der Waals surface area contributed by atoms with Crippen LogP contribution in [-0.2, 0) is 0 Å². The second-order valence-electron chi connectivity index (χ2n) is 2.59. The summed E-state index contributed by atoms with van der Waals surface area (Å²) in [7, 11) is 0. The number of aromatic nitrogens is 1. The van der Waals surface area contributed by atoms with Crippen molar-refractivity contribution >= 4 is 11.8 Å². The first-order valence-corrected chi connectivity index (χ1v) is 3.71. The molecule has 1 N–H and O–H groups in total. The molecule has 0 saturated heterocycles. The molecule has 1 aromatic rings. The van der Waals surface area contributed by atoms with Crippen molar-refractivity contribution < 1.29 is 28.0 Å².